The van der Waals surface area contributed by atoms with Crippen LogP contribution in [0.1, 0.15) is 18.4 Å². The summed E-state index contributed by atoms with van der Waals surface area (Å²) in [6.07, 6.45) is 0. The molecule has 0 spiro atoms. The molecular formula is C12H20N2O. The van der Waals surface area contributed by atoms with Crippen molar-refractivity contribution in [1.82, 2.24) is 10.6 Å². The molecule has 0 aliphatic carbocycles. The van der Waals surface area contributed by atoms with Crippen LogP contribution in [-0.2, 0) is 6.54 Å². The second-order valence-electron chi connectivity index (χ2n) is 4.54. The first-order valence-corrected chi connectivity index (χ1v) is 5.72. The van der Waals surface area contributed by atoms with Crippen LogP contribution in [0.15, 0.2) is 16.5 Å². The normalized spacial score (nSPS) is 18.8. The van der Waals surface area contributed by atoms with Gasteiger partial charge in [0.1, 0.15) is 11.5 Å². The standard InChI is InChI=1S/C12H20N2O/c1-9(11-6-14-7-11)5-13-8-12-4-3-10(2)15-12/h3-4,9,11,13-14H,5-8H2,1-2H3. The zero-order chi connectivity index (χ0) is 10.7. The molecule has 0 radical (unpaired) electrons. The van der Waals surface area contributed by atoms with Gasteiger partial charge in [-0.05, 0) is 50.5 Å². The molecule has 1 saturated heterocycles. The average Bonchev–Trinajstić information content (AvgIpc) is 2.48. The Morgan fingerprint density at radius 2 is 2.33 bits per heavy atom. The van der Waals surface area contributed by atoms with Gasteiger partial charge in [0.2, 0.25) is 0 Å². The third-order valence-corrected chi connectivity index (χ3v) is 3.18. The first kappa shape index (κ1) is 10.7. The Bertz CT molecular complexity index is 304. The van der Waals surface area contributed by atoms with E-state index >= 15 is 0 Å². The lowest BCUT2D eigenvalue weighted by atomic mass is 9.89. The summed E-state index contributed by atoms with van der Waals surface area (Å²) in [5.41, 5.74) is 0. The van der Waals surface area contributed by atoms with Crippen LogP contribution < -0.4 is 10.6 Å². The lowest BCUT2D eigenvalue weighted by molar-refractivity contribution is 0.241. The molecule has 84 valence electrons. The smallest absolute Gasteiger partial charge is 0.117 e. The number of hydrogen-bond acceptors (Lipinski definition) is 3. The van der Waals surface area contributed by atoms with E-state index in [2.05, 4.69) is 17.6 Å². The van der Waals surface area contributed by atoms with Crippen molar-refractivity contribution in [3.05, 3.63) is 23.7 Å². The summed E-state index contributed by atoms with van der Waals surface area (Å²) in [5, 5.41) is 6.75. The van der Waals surface area contributed by atoms with Gasteiger partial charge in [-0.2, -0.15) is 0 Å². The number of hydrogen-bond donors (Lipinski definition) is 2. The Balaban J connectivity index is 1.65. The van der Waals surface area contributed by atoms with Crippen molar-refractivity contribution < 1.29 is 4.42 Å². The highest BCUT2D eigenvalue weighted by Crippen LogP contribution is 2.15. The number of aryl methyl sites for hydroxylation is 1. The minimum Gasteiger partial charge on any atom is -0.465 e. The maximum Gasteiger partial charge on any atom is 0.117 e. The van der Waals surface area contributed by atoms with Crippen molar-refractivity contribution in [3.63, 3.8) is 0 Å². The topological polar surface area (TPSA) is 37.2 Å². The van der Waals surface area contributed by atoms with E-state index in [1.165, 1.54) is 13.1 Å². The van der Waals surface area contributed by atoms with Crippen molar-refractivity contribution in [2.75, 3.05) is 19.6 Å². The lowest BCUT2D eigenvalue weighted by Gasteiger charge is -2.32. The molecule has 1 atom stereocenters. The molecule has 0 saturated carbocycles. The van der Waals surface area contributed by atoms with Gasteiger partial charge in [-0.25, -0.2) is 0 Å². The number of nitrogens with one attached hydrogen (secondary N) is 2. The molecule has 1 aromatic heterocycles. The van der Waals surface area contributed by atoms with Gasteiger partial charge in [-0.15, -0.1) is 0 Å². The van der Waals surface area contributed by atoms with E-state index in [9.17, 15) is 0 Å². The fourth-order valence-electron chi connectivity index (χ4n) is 1.88. The minimum atomic E-state index is 0.752. The van der Waals surface area contributed by atoms with Gasteiger partial charge in [0, 0.05) is 0 Å². The lowest BCUT2D eigenvalue weighted by Crippen LogP contribution is -2.47. The molecule has 2 heterocycles. The van der Waals surface area contributed by atoms with Crippen LogP contribution >= 0.6 is 0 Å². The summed E-state index contributed by atoms with van der Waals surface area (Å²) in [6.45, 7) is 8.58. The molecule has 2 N–H and O–H groups in total. The van der Waals surface area contributed by atoms with Crippen LogP contribution in [0.3, 0.4) is 0 Å². The molecule has 15 heavy (non-hydrogen) atoms. The highest BCUT2D eigenvalue weighted by molar-refractivity contribution is 5.05. The van der Waals surface area contributed by atoms with Gasteiger partial charge in [0.25, 0.3) is 0 Å². The highest BCUT2D eigenvalue weighted by atomic mass is 16.3. The fraction of sp³-hybridized carbons (Fsp3) is 0.667. The molecule has 3 nitrogen and oxygen atoms in total. The van der Waals surface area contributed by atoms with E-state index in [1.54, 1.807) is 0 Å². The minimum absolute atomic E-state index is 0.752. The summed E-state index contributed by atoms with van der Waals surface area (Å²) in [7, 11) is 0. The summed E-state index contributed by atoms with van der Waals surface area (Å²) in [4.78, 5) is 0. The molecule has 1 aliphatic heterocycles. The Labute approximate surface area is 91.2 Å². The van der Waals surface area contributed by atoms with Crippen LogP contribution in [0, 0.1) is 18.8 Å². The van der Waals surface area contributed by atoms with E-state index in [1.807, 2.05) is 19.1 Å². The molecule has 0 amide bonds. The van der Waals surface area contributed by atoms with Gasteiger partial charge in [-0.1, -0.05) is 6.92 Å². The summed E-state index contributed by atoms with van der Waals surface area (Å²) in [5.74, 6) is 3.63. The van der Waals surface area contributed by atoms with Crippen LogP contribution in [0.2, 0.25) is 0 Å². The van der Waals surface area contributed by atoms with Crippen LogP contribution in [0.25, 0.3) is 0 Å². The highest BCUT2D eigenvalue weighted by Gasteiger charge is 2.22. The predicted molar refractivity (Wildman–Crippen MR) is 60.7 cm³/mol. The van der Waals surface area contributed by atoms with Gasteiger partial charge in [0.15, 0.2) is 0 Å². The van der Waals surface area contributed by atoms with E-state index in [0.717, 1.165) is 36.4 Å². The summed E-state index contributed by atoms with van der Waals surface area (Å²) >= 11 is 0. The molecule has 1 fully saturated rings. The molecule has 0 bridgehead atoms. The third-order valence-electron chi connectivity index (χ3n) is 3.18. The zero-order valence-electron chi connectivity index (χ0n) is 9.55. The Hall–Kier alpha value is -0.800. The second-order valence-corrected chi connectivity index (χ2v) is 4.54. The molecule has 2 rings (SSSR count). The molecule has 1 aliphatic rings. The Kier molecular flexibility index (Phi) is 3.44. The van der Waals surface area contributed by atoms with Crippen molar-refractivity contribution in [2.45, 2.75) is 20.4 Å². The molecule has 0 aromatic carbocycles. The van der Waals surface area contributed by atoms with E-state index in [0.29, 0.717) is 0 Å². The first-order valence-electron chi connectivity index (χ1n) is 5.72. The largest absolute Gasteiger partial charge is 0.465 e. The summed E-state index contributed by atoms with van der Waals surface area (Å²) < 4.78 is 5.49. The fourth-order valence-corrected chi connectivity index (χ4v) is 1.88. The maximum atomic E-state index is 5.49. The average molecular weight is 208 g/mol. The third kappa shape index (κ3) is 2.83. The quantitative estimate of drug-likeness (QED) is 0.770. The summed E-state index contributed by atoms with van der Waals surface area (Å²) in [6, 6.07) is 4.05. The molecule has 1 aromatic rings. The Morgan fingerprint density at radius 3 is 2.87 bits per heavy atom. The van der Waals surface area contributed by atoms with Crippen molar-refractivity contribution in [1.29, 1.82) is 0 Å². The van der Waals surface area contributed by atoms with Crippen LogP contribution in [-0.4, -0.2) is 19.6 Å². The second kappa shape index (κ2) is 4.81. The Morgan fingerprint density at radius 1 is 1.53 bits per heavy atom. The van der Waals surface area contributed by atoms with Gasteiger partial charge < -0.3 is 15.1 Å². The van der Waals surface area contributed by atoms with Crippen LogP contribution in [0.5, 0.6) is 0 Å². The first-order chi connectivity index (χ1) is 7.25. The van der Waals surface area contributed by atoms with Gasteiger partial charge in [-0.3, -0.25) is 0 Å². The SMILES string of the molecule is Cc1ccc(CNCC(C)C2CNC2)o1. The molecule has 3 heteroatoms. The zero-order valence-corrected chi connectivity index (χ0v) is 9.55. The van der Waals surface area contributed by atoms with E-state index in [4.69, 9.17) is 4.42 Å². The maximum absolute atomic E-state index is 5.49. The van der Waals surface area contributed by atoms with Crippen molar-refractivity contribution >= 4 is 0 Å². The predicted octanol–water partition coefficient (Wildman–Crippen LogP) is 1.53. The molecular weight excluding hydrogens is 188 g/mol. The van der Waals surface area contributed by atoms with E-state index < -0.39 is 0 Å². The van der Waals surface area contributed by atoms with Crippen LogP contribution in [0.4, 0.5) is 0 Å². The van der Waals surface area contributed by atoms with Crippen molar-refractivity contribution in [3.8, 4) is 0 Å². The van der Waals surface area contributed by atoms with Crippen molar-refractivity contribution in [2.24, 2.45) is 11.8 Å². The number of rotatable bonds is 5. The molecule has 1 unspecified atom stereocenters. The van der Waals surface area contributed by atoms with Gasteiger partial charge >= 0.3 is 0 Å². The van der Waals surface area contributed by atoms with E-state index in [-0.39, 0.29) is 0 Å². The monoisotopic (exact) mass is 208 g/mol. The number of furan rings is 1. The van der Waals surface area contributed by atoms with Gasteiger partial charge in [0.05, 0.1) is 6.54 Å².